The zero-order valence-electron chi connectivity index (χ0n) is 10.9. The Kier molecular flexibility index (Phi) is 3.41. The quantitative estimate of drug-likeness (QED) is 0.816. The number of fused-ring (bicyclic) bond motifs is 1. The Hall–Kier alpha value is -2.30. The fourth-order valence-corrected chi connectivity index (χ4v) is 2.38. The standard InChI is InChI=1S/C16H11F3O2/c17-11-4-5-14-12(7-11)13(20)8-15(21-14)9-2-1-3-10(6-9)16(18)19/h1-7,15-16H,8H2. The van der Waals surface area contributed by atoms with Crippen molar-refractivity contribution in [1.29, 1.82) is 0 Å². The first-order chi connectivity index (χ1) is 10.0. The molecular weight excluding hydrogens is 281 g/mol. The van der Waals surface area contributed by atoms with Gasteiger partial charge in [-0.1, -0.05) is 18.2 Å². The van der Waals surface area contributed by atoms with Crippen LogP contribution in [0.25, 0.3) is 0 Å². The molecule has 0 radical (unpaired) electrons. The summed E-state index contributed by atoms with van der Waals surface area (Å²) in [6.07, 6.45) is -3.21. The molecular formula is C16H11F3O2. The molecule has 21 heavy (non-hydrogen) atoms. The fraction of sp³-hybridized carbons (Fsp3) is 0.188. The van der Waals surface area contributed by atoms with Crippen LogP contribution in [0.5, 0.6) is 5.75 Å². The summed E-state index contributed by atoms with van der Waals surface area (Å²) < 4.78 is 44.2. The van der Waals surface area contributed by atoms with Crippen molar-refractivity contribution >= 4 is 5.78 Å². The van der Waals surface area contributed by atoms with E-state index in [2.05, 4.69) is 0 Å². The van der Waals surface area contributed by atoms with Crippen LogP contribution < -0.4 is 4.74 Å². The lowest BCUT2D eigenvalue weighted by atomic mass is 9.95. The molecule has 0 amide bonds. The molecule has 0 fully saturated rings. The van der Waals surface area contributed by atoms with E-state index in [1.165, 1.54) is 30.3 Å². The monoisotopic (exact) mass is 292 g/mol. The number of carbonyl (C=O) groups excluding carboxylic acids is 1. The van der Waals surface area contributed by atoms with Crippen LogP contribution in [-0.2, 0) is 0 Å². The highest BCUT2D eigenvalue weighted by atomic mass is 19.3. The van der Waals surface area contributed by atoms with Crippen LogP contribution in [0.4, 0.5) is 13.2 Å². The van der Waals surface area contributed by atoms with Gasteiger partial charge in [-0.3, -0.25) is 4.79 Å². The normalized spacial score (nSPS) is 17.5. The van der Waals surface area contributed by atoms with Crippen molar-refractivity contribution in [2.24, 2.45) is 0 Å². The maximum atomic E-state index is 13.1. The van der Waals surface area contributed by atoms with Gasteiger partial charge >= 0.3 is 0 Å². The summed E-state index contributed by atoms with van der Waals surface area (Å²) in [5.74, 6) is -0.493. The van der Waals surface area contributed by atoms with Gasteiger partial charge in [-0.25, -0.2) is 13.2 Å². The first kappa shape index (κ1) is 13.7. The average molecular weight is 292 g/mol. The van der Waals surface area contributed by atoms with Gasteiger partial charge in [-0.15, -0.1) is 0 Å². The molecule has 0 bridgehead atoms. The van der Waals surface area contributed by atoms with Crippen LogP contribution >= 0.6 is 0 Å². The molecule has 5 heteroatoms. The third kappa shape index (κ3) is 2.63. The molecule has 1 heterocycles. The highest BCUT2D eigenvalue weighted by Crippen LogP contribution is 2.36. The van der Waals surface area contributed by atoms with E-state index in [9.17, 15) is 18.0 Å². The number of Topliss-reactive ketones (excluding diaryl/α,β-unsaturated/α-hetero) is 1. The molecule has 0 spiro atoms. The van der Waals surface area contributed by atoms with Crippen molar-refractivity contribution < 1.29 is 22.7 Å². The predicted octanol–water partition coefficient (Wildman–Crippen LogP) is 4.47. The molecule has 0 aliphatic carbocycles. The van der Waals surface area contributed by atoms with Crippen LogP contribution in [0.3, 0.4) is 0 Å². The lowest BCUT2D eigenvalue weighted by molar-refractivity contribution is 0.0848. The summed E-state index contributed by atoms with van der Waals surface area (Å²) in [7, 11) is 0. The topological polar surface area (TPSA) is 26.3 Å². The maximum Gasteiger partial charge on any atom is 0.263 e. The average Bonchev–Trinajstić information content (AvgIpc) is 2.48. The second-order valence-electron chi connectivity index (χ2n) is 4.85. The van der Waals surface area contributed by atoms with Gasteiger partial charge in [0.1, 0.15) is 17.7 Å². The van der Waals surface area contributed by atoms with Gasteiger partial charge in [0.15, 0.2) is 5.78 Å². The molecule has 0 N–H and O–H groups in total. The van der Waals surface area contributed by atoms with Crippen molar-refractivity contribution in [2.75, 3.05) is 0 Å². The van der Waals surface area contributed by atoms with Crippen LogP contribution in [0.15, 0.2) is 42.5 Å². The fourth-order valence-electron chi connectivity index (χ4n) is 2.38. The SMILES string of the molecule is O=C1CC(c2cccc(C(F)F)c2)Oc2ccc(F)cc21. The minimum absolute atomic E-state index is 0.00312. The Morgan fingerprint density at radius 2 is 1.95 bits per heavy atom. The zero-order chi connectivity index (χ0) is 15.0. The highest BCUT2D eigenvalue weighted by molar-refractivity contribution is 6.00. The number of halogens is 3. The van der Waals surface area contributed by atoms with E-state index in [0.717, 1.165) is 6.07 Å². The van der Waals surface area contributed by atoms with Gasteiger partial charge < -0.3 is 4.74 Å². The maximum absolute atomic E-state index is 13.1. The molecule has 0 aromatic heterocycles. The third-order valence-electron chi connectivity index (χ3n) is 3.42. The van der Waals surface area contributed by atoms with Crippen LogP contribution in [0.1, 0.15) is 40.4 Å². The third-order valence-corrected chi connectivity index (χ3v) is 3.42. The van der Waals surface area contributed by atoms with Crippen LogP contribution in [0.2, 0.25) is 0 Å². The number of alkyl halides is 2. The van der Waals surface area contributed by atoms with Crippen molar-refractivity contribution in [3.05, 3.63) is 65.0 Å². The van der Waals surface area contributed by atoms with Gasteiger partial charge in [-0.05, 0) is 29.8 Å². The molecule has 3 rings (SSSR count). The number of rotatable bonds is 2. The Labute approximate surface area is 119 Å². The summed E-state index contributed by atoms with van der Waals surface area (Å²) in [6.45, 7) is 0. The Balaban J connectivity index is 1.94. The van der Waals surface area contributed by atoms with E-state index >= 15 is 0 Å². The number of ether oxygens (including phenoxy) is 1. The lowest BCUT2D eigenvalue weighted by Gasteiger charge is -2.25. The second-order valence-corrected chi connectivity index (χ2v) is 4.85. The molecule has 2 aromatic rings. The van der Waals surface area contributed by atoms with Crippen molar-refractivity contribution in [3.63, 3.8) is 0 Å². The minimum atomic E-state index is -2.58. The second kappa shape index (κ2) is 5.24. The van der Waals surface area contributed by atoms with E-state index in [1.807, 2.05) is 0 Å². The van der Waals surface area contributed by atoms with Gasteiger partial charge in [0.2, 0.25) is 0 Å². The van der Waals surface area contributed by atoms with E-state index < -0.39 is 18.3 Å². The van der Waals surface area contributed by atoms with Crippen LogP contribution in [-0.4, -0.2) is 5.78 Å². The first-order valence-electron chi connectivity index (χ1n) is 6.42. The van der Waals surface area contributed by atoms with E-state index in [1.54, 1.807) is 6.07 Å². The summed E-state index contributed by atoms with van der Waals surface area (Å²) in [5, 5.41) is 0. The molecule has 2 aromatic carbocycles. The number of benzene rings is 2. The number of carbonyl (C=O) groups is 1. The molecule has 0 saturated carbocycles. The van der Waals surface area contributed by atoms with Gasteiger partial charge in [0, 0.05) is 5.56 Å². The first-order valence-corrected chi connectivity index (χ1v) is 6.42. The summed E-state index contributed by atoms with van der Waals surface area (Å²) in [5.41, 5.74) is 0.584. The van der Waals surface area contributed by atoms with E-state index in [-0.39, 0.29) is 29.1 Å². The van der Waals surface area contributed by atoms with E-state index in [4.69, 9.17) is 4.74 Å². The predicted molar refractivity (Wildman–Crippen MR) is 70.1 cm³/mol. The molecule has 1 aliphatic heterocycles. The van der Waals surface area contributed by atoms with Crippen molar-refractivity contribution in [2.45, 2.75) is 19.0 Å². The highest BCUT2D eigenvalue weighted by Gasteiger charge is 2.28. The smallest absolute Gasteiger partial charge is 0.263 e. The van der Waals surface area contributed by atoms with Gasteiger partial charge in [0.05, 0.1) is 12.0 Å². The van der Waals surface area contributed by atoms with Gasteiger partial charge in [-0.2, -0.15) is 0 Å². The van der Waals surface area contributed by atoms with Crippen molar-refractivity contribution in [3.8, 4) is 5.75 Å². The summed E-state index contributed by atoms with van der Waals surface area (Å²) in [6, 6.07) is 9.50. The Morgan fingerprint density at radius 3 is 2.71 bits per heavy atom. The Bertz CT molecular complexity index is 698. The number of hydrogen-bond donors (Lipinski definition) is 0. The largest absolute Gasteiger partial charge is 0.484 e. The number of ketones is 1. The lowest BCUT2D eigenvalue weighted by Crippen LogP contribution is -2.20. The molecule has 1 unspecified atom stereocenters. The van der Waals surface area contributed by atoms with Gasteiger partial charge in [0.25, 0.3) is 6.43 Å². The molecule has 0 saturated heterocycles. The van der Waals surface area contributed by atoms with E-state index in [0.29, 0.717) is 5.56 Å². The summed E-state index contributed by atoms with van der Waals surface area (Å²) in [4.78, 5) is 12.0. The zero-order valence-corrected chi connectivity index (χ0v) is 10.9. The molecule has 1 aliphatic rings. The molecule has 2 nitrogen and oxygen atoms in total. The minimum Gasteiger partial charge on any atom is -0.484 e. The molecule has 108 valence electrons. The molecule has 1 atom stereocenters. The number of hydrogen-bond acceptors (Lipinski definition) is 2. The summed E-state index contributed by atoms with van der Waals surface area (Å²) >= 11 is 0. The van der Waals surface area contributed by atoms with Crippen LogP contribution in [0, 0.1) is 5.82 Å². The Morgan fingerprint density at radius 1 is 1.14 bits per heavy atom. The van der Waals surface area contributed by atoms with Crippen molar-refractivity contribution in [1.82, 2.24) is 0 Å².